The first-order valence-electron chi connectivity index (χ1n) is 24.3. The van der Waals surface area contributed by atoms with Gasteiger partial charge in [-0.05, 0) is 83.5 Å². The second-order valence-corrected chi connectivity index (χ2v) is 17.7. The molecule has 3 unspecified atom stereocenters. The van der Waals surface area contributed by atoms with Crippen LogP contribution in [0.4, 0.5) is 0 Å². The normalized spacial score (nSPS) is 14.1. The average molecular weight is 894 g/mol. The minimum absolute atomic E-state index is 0.106. The number of hydrogen-bond acceptors (Lipinski definition) is 8. The van der Waals surface area contributed by atoms with Crippen molar-refractivity contribution in [3.63, 3.8) is 0 Å². The summed E-state index contributed by atoms with van der Waals surface area (Å²) >= 11 is 0. The van der Waals surface area contributed by atoms with E-state index in [1.165, 1.54) is 109 Å². The van der Waals surface area contributed by atoms with Gasteiger partial charge in [0.25, 0.3) is 0 Å². The third-order valence-electron chi connectivity index (χ3n) is 10.3. The molecule has 3 atom stereocenters. The maximum atomic E-state index is 12.3. The summed E-state index contributed by atoms with van der Waals surface area (Å²) in [6.07, 6.45) is 52.4. The lowest BCUT2D eigenvalue weighted by atomic mass is 10.1. The fourth-order valence-corrected chi connectivity index (χ4v) is 7.24. The lowest BCUT2D eigenvalue weighted by Crippen LogP contribution is -2.43. The summed E-state index contributed by atoms with van der Waals surface area (Å²) in [6, 6.07) is -1.57. The zero-order chi connectivity index (χ0) is 45.6. The number of rotatable bonds is 45. The number of nitrogens with one attached hydrogen (secondary N) is 1. The zero-order valence-electron chi connectivity index (χ0n) is 38.9. The number of carbonyl (C=O) groups is 3. The largest absolute Gasteiger partial charge is 0.480 e. The van der Waals surface area contributed by atoms with Gasteiger partial charge in [0.2, 0.25) is 5.91 Å². The first-order chi connectivity index (χ1) is 30.1. The Hall–Kier alpha value is -2.82. The number of allylic oxidation sites excluding steroid dienone is 10. The Balaban J connectivity index is 3.92. The molecule has 0 rings (SSSR count). The Morgan fingerprint density at radius 3 is 1.39 bits per heavy atom. The van der Waals surface area contributed by atoms with Crippen molar-refractivity contribution in [2.45, 2.75) is 219 Å². The molecule has 0 saturated heterocycles. The maximum absolute atomic E-state index is 12.3. The number of carbonyl (C=O) groups excluding carboxylic acids is 2. The van der Waals surface area contributed by atoms with Gasteiger partial charge in [-0.3, -0.25) is 18.6 Å². The van der Waals surface area contributed by atoms with Gasteiger partial charge in [-0.15, -0.1) is 0 Å². The van der Waals surface area contributed by atoms with Gasteiger partial charge in [0.05, 0.1) is 13.2 Å². The van der Waals surface area contributed by atoms with Gasteiger partial charge in [0.1, 0.15) is 12.7 Å². The van der Waals surface area contributed by atoms with E-state index in [4.69, 9.17) is 13.8 Å². The van der Waals surface area contributed by atoms with Crippen molar-refractivity contribution < 1.29 is 47.8 Å². The van der Waals surface area contributed by atoms with Crippen LogP contribution in [0.15, 0.2) is 60.8 Å². The van der Waals surface area contributed by atoms with E-state index >= 15 is 0 Å². The highest BCUT2D eigenvalue weighted by molar-refractivity contribution is 7.47. The number of carboxylic acid groups (broad SMARTS) is 1. The first-order valence-corrected chi connectivity index (χ1v) is 25.8. The fourth-order valence-electron chi connectivity index (χ4n) is 6.47. The molecule has 0 aromatic rings. The molecule has 12 heteroatoms. The standard InChI is InChI=1S/C50H88NO10P/c1-3-5-7-9-11-13-15-17-19-21-23-25-27-29-31-33-35-37-39-41-48(53)51-47(50(55)56)45-61-62(57,58)60-44-46(52)43-59-49(54)42-40-38-36-34-32-30-28-26-24-22-20-18-16-14-12-10-8-6-4-2/h11,13,17-20,23,25,29,31,46-47,52H,3-10,12,14-16,21-22,24,26-28,30,32-45H2,1-2H3,(H,51,53)(H,55,56)(H,57,58)/b13-11-,19-17-,20-18+,25-23-,31-29-. The van der Waals surface area contributed by atoms with Crippen molar-refractivity contribution in [3.05, 3.63) is 60.8 Å². The molecule has 0 heterocycles. The van der Waals surface area contributed by atoms with E-state index in [1.54, 1.807) is 0 Å². The first kappa shape index (κ1) is 59.2. The third-order valence-corrected chi connectivity index (χ3v) is 11.2. The summed E-state index contributed by atoms with van der Waals surface area (Å²) in [6.45, 7) is 2.55. The van der Waals surface area contributed by atoms with Gasteiger partial charge < -0.3 is 25.2 Å². The number of esters is 1. The van der Waals surface area contributed by atoms with Crippen LogP contribution in [0.1, 0.15) is 206 Å². The highest BCUT2D eigenvalue weighted by Gasteiger charge is 2.28. The summed E-state index contributed by atoms with van der Waals surface area (Å²) in [5, 5.41) is 21.9. The molecule has 0 aromatic heterocycles. The molecular weight excluding hydrogens is 806 g/mol. The van der Waals surface area contributed by atoms with Gasteiger partial charge in [0.15, 0.2) is 6.04 Å². The molecule has 0 aromatic carbocycles. The molecule has 0 bridgehead atoms. The summed E-state index contributed by atoms with van der Waals surface area (Å²) in [7, 11) is -4.77. The van der Waals surface area contributed by atoms with Gasteiger partial charge in [-0.25, -0.2) is 9.36 Å². The predicted octanol–water partition coefficient (Wildman–Crippen LogP) is 13.1. The third kappa shape index (κ3) is 43.8. The van der Waals surface area contributed by atoms with Crippen molar-refractivity contribution in [1.82, 2.24) is 5.32 Å². The molecule has 11 nitrogen and oxygen atoms in total. The van der Waals surface area contributed by atoms with Crippen molar-refractivity contribution in [2.24, 2.45) is 0 Å². The van der Waals surface area contributed by atoms with Crippen LogP contribution in [0, 0.1) is 0 Å². The van der Waals surface area contributed by atoms with Crippen LogP contribution in [-0.2, 0) is 32.7 Å². The van der Waals surface area contributed by atoms with Crippen LogP contribution in [0.25, 0.3) is 0 Å². The molecule has 0 saturated carbocycles. The van der Waals surface area contributed by atoms with E-state index in [9.17, 15) is 34.1 Å². The maximum Gasteiger partial charge on any atom is 0.472 e. The van der Waals surface area contributed by atoms with E-state index in [1.807, 2.05) is 0 Å². The Kier molecular flexibility index (Phi) is 42.7. The van der Waals surface area contributed by atoms with Gasteiger partial charge in [0, 0.05) is 12.8 Å². The van der Waals surface area contributed by atoms with Crippen LogP contribution < -0.4 is 5.32 Å². The second kappa shape index (κ2) is 44.8. The Bertz CT molecular complexity index is 1280. The minimum Gasteiger partial charge on any atom is -0.480 e. The molecule has 4 N–H and O–H groups in total. The number of phosphoric acid groups is 1. The van der Waals surface area contributed by atoms with Crippen LogP contribution in [0.2, 0.25) is 0 Å². The van der Waals surface area contributed by atoms with E-state index in [0.717, 1.165) is 57.8 Å². The number of unbranched alkanes of at least 4 members (excludes halogenated alkanes) is 21. The average Bonchev–Trinajstić information content (AvgIpc) is 3.25. The highest BCUT2D eigenvalue weighted by atomic mass is 31.2. The van der Waals surface area contributed by atoms with Crippen molar-refractivity contribution in [1.29, 1.82) is 0 Å². The van der Waals surface area contributed by atoms with Crippen LogP contribution >= 0.6 is 7.82 Å². The minimum atomic E-state index is -4.77. The highest BCUT2D eigenvalue weighted by Crippen LogP contribution is 2.43. The van der Waals surface area contributed by atoms with E-state index in [-0.39, 0.29) is 12.8 Å². The van der Waals surface area contributed by atoms with Crippen LogP contribution in [0.3, 0.4) is 0 Å². The molecular formula is C50H88NO10P. The lowest BCUT2D eigenvalue weighted by Gasteiger charge is -2.18. The molecule has 0 radical (unpaired) electrons. The molecule has 0 aliphatic carbocycles. The molecule has 0 aliphatic rings. The molecule has 0 fully saturated rings. The predicted molar refractivity (Wildman–Crippen MR) is 254 cm³/mol. The van der Waals surface area contributed by atoms with E-state index in [0.29, 0.717) is 12.8 Å². The second-order valence-electron chi connectivity index (χ2n) is 16.3. The van der Waals surface area contributed by atoms with Crippen LogP contribution in [-0.4, -0.2) is 64.9 Å². The molecule has 0 aliphatic heterocycles. The smallest absolute Gasteiger partial charge is 0.472 e. The number of aliphatic hydroxyl groups excluding tert-OH is 1. The monoisotopic (exact) mass is 894 g/mol. The van der Waals surface area contributed by atoms with Crippen molar-refractivity contribution in [2.75, 3.05) is 19.8 Å². The summed E-state index contributed by atoms with van der Waals surface area (Å²) in [5.41, 5.74) is 0. The van der Waals surface area contributed by atoms with Crippen LogP contribution in [0.5, 0.6) is 0 Å². The van der Waals surface area contributed by atoms with Gasteiger partial charge in [-0.2, -0.15) is 0 Å². The fraction of sp³-hybridized carbons (Fsp3) is 0.740. The van der Waals surface area contributed by atoms with Crippen molar-refractivity contribution in [3.8, 4) is 0 Å². The Morgan fingerprint density at radius 1 is 0.516 bits per heavy atom. The van der Waals surface area contributed by atoms with Gasteiger partial charge in [-0.1, -0.05) is 171 Å². The Labute approximate surface area is 376 Å². The van der Waals surface area contributed by atoms with E-state index < -0.39 is 57.6 Å². The zero-order valence-corrected chi connectivity index (χ0v) is 39.8. The number of carboxylic acids is 1. The number of hydrogen-bond donors (Lipinski definition) is 4. The number of aliphatic hydroxyl groups is 1. The van der Waals surface area contributed by atoms with E-state index in [2.05, 4.69) is 79.9 Å². The number of ether oxygens (including phenoxy) is 1. The van der Waals surface area contributed by atoms with Gasteiger partial charge >= 0.3 is 19.8 Å². The topological polar surface area (TPSA) is 169 Å². The number of amides is 1. The molecule has 62 heavy (non-hydrogen) atoms. The number of phosphoric ester groups is 1. The quantitative estimate of drug-likeness (QED) is 0.0200. The Morgan fingerprint density at radius 2 is 0.887 bits per heavy atom. The summed E-state index contributed by atoms with van der Waals surface area (Å²) in [5.74, 6) is -2.42. The number of aliphatic carboxylic acids is 1. The lowest BCUT2D eigenvalue weighted by molar-refractivity contribution is -0.147. The summed E-state index contributed by atoms with van der Waals surface area (Å²) < 4.78 is 26.9. The molecule has 358 valence electrons. The molecule has 0 spiro atoms. The SMILES string of the molecule is CCCCC/C=C\C/C=C\C/C=C\C/C=C\CCCCCC(=O)NC(COP(=O)(O)OCC(O)COC(=O)CCCCCCCCCCC/C=C/CCCCCCCC)C(=O)O. The summed E-state index contributed by atoms with van der Waals surface area (Å²) in [4.78, 5) is 46.0. The molecule has 1 amide bonds. The van der Waals surface area contributed by atoms with Crippen molar-refractivity contribution >= 4 is 25.7 Å².